The summed E-state index contributed by atoms with van der Waals surface area (Å²) in [6, 6.07) is 0. The number of pyridine rings is 1. The van der Waals surface area contributed by atoms with Gasteiger partial charge < -0.3 is 5.32 Å². The number of halogens is 2. The van der Waals surface area contributed by atoms with Crippen molar-refractivity contribution in [3.63, 3.8) is 0 Å². The molecule has 1 rings (SSSR count). The molecule has 0 radical (unpaired) electrons. The topological polar surface area (TPSA) is 42.0 Å². The number of carbonyl (C=O) groups is 1. The van der Waals surface area contributed by atoms with Crippen molar-refractivity contribution >= 4 is 29.1 Å². The van der Waals surface area contributed by atoms with Crippen LogP contribution in [0.3, 0.4) is 0 Å². The van der Waals surface area contributed by atoms with Crippen LogP contribution >= 0.6 is 23.2 Å². The van der Waals surface area contributed by atoms with Crippen LogP contribution < -0.4 is 5.32 Å². The van der Waals surface area contributed by atoms with Crippen molar-refractivity contribution in [2.24, 2.45) is 0 Å². The second-order valence-corrected chi connectivity index (χ2v) is 3.50. The van der Waals surface area contributed by atoms with Crippen LogP contribution in [-0.4, -0.2) is 17.4 Å². The number of nitrogens with zero attached hydrogens (tertiary/aromatic N) is 1. The van der Waals surface area contributed by atoms with Gasteiger partial charge in [-0.15, -0.1) is 0 Å². The summed E-state index contributed by atoms with van der Waals surface area (Å²) in [7, 11) is 0. The maximum absolute atomic E-state index is 10.5. The molecule has 3 nitrogen and oxygen atoms in total. The first kappa shape index (κ1) is 11.8. The van der Waals surface area contributed by atoms with Crippen LogP contribution in [0, 0.1) is 11.8 Å². The molecule has 0 fully saturated rings. The first-order valence-electron chi connectivity index (χ1n) is 4.13. The van der Waals surface area contributed by atoms with Crippen molar-refractivity contribution in [1.29, 1.82) is 0 Å². The zero-order valence-corrected chi connectivity index (χ0v) is 9.49. The van der Waals surface area contributed by atoms with Crippen LogP contribution in [-0.2, 0) is 4.79 Å². The fraction of sp³-hybridized carbons (Fsp3) is 0.200. The van der Waals surface area contributed by atoms with Crippen LogP contribution in [0.2, 0.25) is 10.0 Å². The molecule has 15 heavy (non-hydrogen) atoms. The molecule has 0 aliphatic heterocycles. The highest BCUT2D eigenvalue weighted by molar-refractivity contribution is 6.36. The van der Waals surface area contributed by atoms with Gasteiger partial charge in [0, 0.05) is 19.3 Å². The van der Waals surface area contributed by atoms with E-state index in [4.69, 9.17) is 23.2 Å². The average molecular weight is 243 g/mol. The first-order chi connectivity index (χ1) is 7.11. The standard InChI is InChI=1S/C10H8Cl2N2O/c1-7(15)14-4-2-3-8-9(11)5-13-6-10(8)12/h5-6H,4H2,1H3,(H,14,15). The molecule has 0 saturated heterocycles. The van der Waals surface area contributed by atoms with Gasteiger partial charge in [0.15, 0.2) is 0 Å². The summed E-state index contributed by atoms with van der Waals surface area (Å²) in [6.07, 6.45) is 2.94. The lowest BCUT2D eigenvalue weighted by molar-refractivity contribution is -0.118. The van der Waals surface area contributed by atoms with Gasteiger partial charge in [0.2, 0.25) is 5.91 Å². The fourth-order valence-electron chi connectivity index (χ4n) is 0.832. The third-order valence-electron chi connectivity index (χ3n) is 1.49. The Morgan fingerprint density at radius 2 is 2.07 bits per heavy atom. The van der Waals surface area contributed by atoms with Gasteiger partial charge in [-0.05, 0) is 0 Å². The first-order valence-corrected chi connectivity index (χ1v) is 4.89. The minimum absolute atomic E-state index is 0.128. The molecule has 0 spiro atoms. The zero-order valence-electron chi connectivity index (χ0n) is 7.97. The monoisotopic (exact) mass is 242 g/mol. The number of nitrogens with one attached hydrogen (secondary N) is 1. The molecular weight excluding hydrogens is 235 g/mol. The van der Waals surface area contributed by atoms with E-state index >= 15 is 0 Å². The van der Waals surface area contributed by atoms with E-state index in [2.05, 4.69) is 22.1 Å². The summed E-state index contributed by atoms with van der Waals surface area (Å²) >= 11 is 11.7. The molecule has 0 bridgehead atoms. The Bertz CT molecular complexity index is 415. The van der Waals surface area contributed by atoms with Crippen LogP contribution in [0.15, 0.2) is 12.4 Å². The van der Waals surface area contributed by atoms with Crippen molar-refractivity contribution < 1.29 is 4.79 Å². The molecule has 1 heterocycles. The largest absolute Gasteiger partial charge is 0.345 e. The summed E-state index contributed by atoms with van der Waals surface area (Å²) in [6.45, 7) is 1.69. The lowest BCUT2D eigenvalue weighted by Crippen LogP contribution is -2.19. The number of hydrogen-bond donors (Lipinski definition) is 1. The molecule has 0 aliphatic carbocycles. The second-order valence-electron chi connectivity index (χ2n) is 2.69. The van der Waals surface area contributed by atoms with Crippen LogP contribution in [0.5, 0.6) is 0 Å². The van der Waals surface area contributed by atoms with Crippen molar-refractivity contribution in [1.82, 2.24) is 10.3 Å². The molecule has 1 aromatic heterocycles. The number of rotatable bonds is 1. The maximum Gasteiger partial charge on any atom is 0.217 e. The minimum atomic E-state index is -0.128. The van der Waals surface area contributed by atoms with E-state index in [9.17, 15) is 4.79 Å². The SMILES string of the molecule is CC(=O)NCC#Cc1c(Cl)cncc1Cl. The van der Waals surface area contributed by atoms with Gasteiger partial charge >= 0.3 is 0 Å². The third-order valence-corrected chi connectivity index (χ3v) is 2.07. The van der Waals surface area contributed by atoms with Crippen molar-refractivity contribution in [2.75, 3.05) is 6.54 Å². The van der Waals surface area contributed by atoms with Crippen LogP contribution in [0.25, 0.3) is 0 Å². The van der Waals surface area contributed by atoms with Crippen molar-refractivity contribution in [2.45, 2.75) is 6.92 Å². The van der Waals surface area contributed by atoms with Gasteiger partial charge in [0.25, 0.3) is 0 Å². The number of amides is 1. The predicted octanol–water partition coefficient (Wildman–Crippen LogP) is 1.88. The molecule has 0 unspecified atom stereocenters. The van der Waals surface area contributed by atoms with Crippen LogP contribution in [0.4, 0.5) is 0 Å². The molecule has 1 N–H and O–H groups in total. The van der Waals surface area contributed by atoms with E-state index in [1.807, 2.05) is 0 Å². The Labute approximate surface area is 97.8 Å². The van der Waals surface area contributed by atoms with E-state index in [0.29, 0.717) is 15.6 Å². The zero-order chi connectivity index (χ0) is 11.3. The van der Waals surface area contributed by atoms with Crippen molar-refractivity contribution in [3.8, 4) is 11.8 Å². The molecule has 0 aromatic carbocycles. The van der Waals surface area contributed by atoms with E-state index in [1.54, 1.807) is 0 Å². The van der Waals surface area contributed by atoms with Gasteiger partial charge in [0.05, 0.1) is 22.2 Å². The fourth-order valence-corrected chi connectivity index (χ4v) is 1.29. The molecular formula is C10H8Cl2N2O. The Hall–Kier alpha value is -1.24. The van der Waals surface area contributed by atoms with Gasteiger partial charge in [-0.2, -0.15) is 0 Å². The van der Waals surface area contributed by atoms with E-state index in [1.165, 1.54) is 19.3 Å². The smallest absolute Gasteiger partial charge is 0.217 e. The van der Waals surface area contributed by atoms with E-state index in [-0.39, 0.29) is 12.5 Å². The highest BCUT2D eigenvalue weighted by Gasteiger charge is 2.01. The summed E-state index contributed by atoms with van der Waals surface area (Å²) in [5.41, 5.74) is 0.527. The van der Waals surface area contributed by atoms with Crippen LogP contribution in [0.1, 0.15) is 12.5 Å². The highest BCUT2D eigenvalue weighted by Crippen LogP contribution is 2.21. The predicted molar refractivity (Wildman–Crippen MR) is 59.8 cm³/mol. The quantitative estimate of drug-likeness (QED) is 0.765. The number of hydrogen-bond acceptors (Lipinski definition) is 2. The van der Waals surface area contributed by atoms with E-state index < -0.39 is 0 Å². The molecule has 1 aromatic rings. The molecule has 0 aliphatic rings. The summed E-state index contributed by atoms with van der Waals surface area (Å²) in [5, 5.41) is 3.34. The lowest BCUT2D eigenvalue weighted by Gasteiger charge is -1.97. The Morgan fingerprint density at radius 3 is 2.60 bits per heavy atom. The minimum Gasteiger partial charge on any atom is -0.345 e. The van der Waals surface area contributed by atoms with Gasteiger partial charge in [0.1, 0.15) is 0 Å². The highest BCUT2D eigenvalue weighted by atomic mass is 35.5. The lowest BCUT2D eigenvalue weighted by atomic mass is 10.3. The molecule has 1 amide bonds. The Morgan fingerprint density at radius 1 is 1.47 bits per heavy atom. The maximum atomic E-state index is 10.5. The summed E-state index contributed by atoms with van der Waals surface area (Å²) in [5.74, 6) is 5.38. The van der Waals surface area contributed by atoms with Gasteiger partial charge in [-0.3, -0.25) is 9.78 Å². The third kappa shape index (κ3) is 3.78. The second kappa shape index (κ2) is 5.59. The summed E-state index contributed by atoms with van der Waals surface area (Å²) < 4.78 is 0. The summed E-state index contributed by atoms with van der Waals surface area (Å²) in [4.78, 5) is 14.3. The van der Waals surface area contributed by atoms with Gasteiger partial charge in [-0.25, -0.2) is 0 Å². The number of aromatic nitrogens is 1. The van der Waals surface area contributed by atoms with E-state index in [0.717, 1.165) is 0 Å². The normalized spacial score (nSPS) is 9.00. The molecule has 5 heteroatoms. The molecule has 0 saturated carbocycles. The average Bonchev–Trinajstić information content (AvgIpc) is 2.15. The number of carbonyl (C=O) groups excluding carboxylic acids is 1. The van der Waals surface area contributed by atoms with Crippen molar-refractivity contribution in [3.05, 3.63) is 28.0 Å². The molecule has 78 valence electrons. The molecule has 0 atom stereocenters. The van der Waals surface area contributed by atoms with Gasteiger partial charge in [-0.1, -0.05) is 35.0 Å². The Kier molecular flexibility index (Phi) is 4.41. The Balaban J connectivity index is 2.75.